The van der Waals surface area contributed by atoms with Crippen molar-refractivity contribution in [2.45, 2.75) is 30.6 Å². The van der Waals surface area contributed by atoms with Crippen LogP contribution in [-0.2, 0) is 15.0 Å². The SMILES string of the molecule is O=C(O)C(CNC(=O)C1(c2cccc(F)c2)CCC1)c1ccccc1. The Morgan fingerprint density at radius 1 is 1.12 bits per heavy atom. The van der Waals surface area contributed by atoms with Crippen LogP contribution >= 0.6 is 0 Å². The molecule has 130 valence electrons. The summed E-state index contributed by atoms with van der Waals surface area (Å²) < 4.78 is 13.6. The van der Waals surface area contributed by atoms with Gasteiger partial charge in [0.2, 0.25) is 5.91 Å². The van der Waals surface area contributed by atoms with E-state index in [4.69, 9.17) is 0 Å². The number of aliphatic carboxylic acids is 1. The second kappa shape index (κ2) is 7.05. The number of amides is 1. The molecule has 0 aliphatic heterocycles. The van der Waals surface area contributed by atoms with Crippen molar-refractivity contribution in [1.82, 2.24) is 5.32 Å². The molecule has 0 radical (unpaired) electrons. The number of carbonyl (C=O) groups is 2. The Kier molecular flexibility index (Phi) is 4.83. The zero-order valence-corrected chi connectivity index (χ0v) is 13.7. The predicted octanol–water partition coefficient (Wildman–Crippen LogP) is 3.23. The quantitative estimate of drug-likeness (QED) is 0.848. The van der Waals surface area contributed by atoms with E-state index in [1.807, 2.05) is 6.07 Å². The Bertz CT molecular complexity index is 772. The molecule has 1 saturated carbocycles. The second-order valence-electron chi connectivity index (χ2n) is 6.46. The lowest BCUT2D eigenvalue weighted by Gasteiger charge is -2.41. The maximum Gasteiger partial charge on any atom is 0.312 e. The summed E-state index contributed by atoms with van der Waals surface area (Å²) in [5, 5.41) is 12.2. The maximum atomic E-state index is 13.6. The molecule has 0 spiro atoms. The molecule has 0 aromatic heterocycles. The normalized spacial score (nSPS) is 16.5. The molecule has 1 aliphatic rings. The molecule has 0 bridgehead atoms. The van der Waals surface area contributed by atoms with Gasteiger partial charge in [0.05, 0.1) is 11.3 Å². The van der Waals surface area contributed by atoms with Crippen molar-refractivity contribution in [1.29, 1.82) is 0 Å². The zero-order chi connectivity index (χ0) is 17.9. The van der Waals surface area contributed by atoms with Crippen molar-refractivity contribution in [3.8, 4) is 0 Å². The van der Waals surface area contributed by atoms with Gasteiger partial charge < -0.3 is 10.4 Å². The van der Waals surface area contributed by atoms with E-state index in [1.54, 1.807) is 36.4 Å². The Morgan fingerprint density at radius 3 is 2.40 bits per heavy atom. The third-order valence-electron chi connectivity index (χ3n) is 4.99. The number of benzene rings is 2. The number of halogens is 1. The van der Waals surface area contributed by atoms with Crippen LogP contribution in [0.2, 0.25) is 0 Å². The van der Waals surface area contributed by atoms with Gasteiger partial charge in [-0.25, -0.2) is 4.39 Å². The number of rotatable bonds is 6. The first-order chi connectivity index (χ1) is 12.0. The molecule has 2 N–H and O–H groups in total. The summed E-state index contributed by atoms with van der Waals surface area (Å²) in [6.45, 7) is 0.00917. The lowest BCUT2D eigenvalue weighted by atomic mass is 9.63. The molecule has 1 aliphatic carbocycles. The molecule has 2 aromatic rings. The van der Waals surface area contributed by atoms with Gasteiger partial charge in [0, 0.05) is 6.54 Å². The summed E-state index contributed by atoms with van der Waals surface area (Å²) in [5.41, 5.74) is 0.550. The van der Waals surface area contributed by atoms with Crippen LogP contribution in [0.1, 0.15) is 36.3 Å². The minimum atomic E-state index is -0.986. The minimum absolute atomic E-state index is 0.00917. The fourth-order valence-electron chi connectivity index (χ4n) is 3.36. The molecular formula is C20H20FNO3. The molecule has 0 saturated heterocycles. The number of hydrogen-bond donors (Lipinski definition) is 2. The molecular weight excluding hydrogens is 321 g/mol. The molecule has 1 atom stereocenters. The molecule has 1 unspecified atom stereocenters. The van der Waals surface area contributed by atoms with Crippen LogP contribution in [0.3, 0.4) is 0 Å². The summed E-state index contributed by atoms with van der Waals surface area (Å²) in [4.78, 5) is 24.4. The molecule has 0 heterocycles. The Morgan fingerprint density at radius 2 is 1.84 bits per heavy atom. The summed E-state index contributed by atoms with van der Waals surface area (Å²) in [6.07, 6.45) is 2.18. The number of carboxylic acid groups (broad SMARTS) is 1. The van der Waals surface area contributed by atoms with Crippen LogP contribution in [0.4, 0.5) is 4.39 Å². The molecule has 1 amide bonds. The van der Waals surface area contributed by atoms with Crippen molar-refractivity contribution in [2.75, 3.05) is 6.54 Å². The monoisotopic (exact) mass is 341 g/mol. The van der Waals surface area contributed by atoms with Gasteiger partial charge in [-0.05, 0) is 36.1 Å². The van der Waals surface area contributed by atoms with E-state index in [0.717, 1.165) is 6.42 Å². The molecule has 25 heavy (non-hydrogen) atoms. The Hall–Kier alpha value is -2.69. The summed E-state index contributed by atoms with van der Waals surface area (Å²) in [5.74, 6) is -2.40. The fourth-order valence-corrected chi connectivity index (χ4v) is 3.36. The summed E-state index contributed by atoms with van der Waals surface area (Å²) in [7, 11) is 0. The average Bonchev–Trinajstić information content (AvgIpc) is 2.55. The largest absolute Gasteiger partial charge is 0.481 e. The van der Waals surface area contributed by atoms with Gasteiger partial charge in [0.25, 0.3) is 0 Å². The third-order valence-corrected chi connectivity index (χ3v) is 4.99. The van der Waals surface area contributed by atoms with E-state index < -0.39 is 17.3 Å². The Balaban J connectivity index is 1.75. The zero-order valence-electron chi connectivity index (χ0n) is 13.7. The second-order valence-corrected chi connectivity index (χ2v) is 6.46. The van der Waals surface area contributed by atoms with Crippen molar-refractivity contribution in [2.24, 2.45) is 0 Å². The summed E-state index contributed by atoms with van der Waals surface area (Å²) in [6, 6.07) is 14.9. The third kappa shape index (κ3) is 3.40. The van der Waals surface area contributed by atoms with Gasteiger partial charge in [0.1, 0.15) is 5.82 Å². The van der Waals surface area contributed by atoms with Gasteiger partial charge in [-0.15, -0.1) is 0 Å². The topological polar surface area (TPSA) is 66.4 Å². The number of hydrogen-bond acceptors (Lipinski definition) is 2. The van der Waals surface area contributed by atoms with Crippen molar-refractivity contribution in [3.05, 3.63) is 71.5 Å². The van der Waals surface area contributed by atoms with E-state index in [0.29, 0.717) is 24.0 Å². The smallest absolute Gasteiger partial charge is 0.312 e. The molecule has 1 fully saturated rings. The van der Waals surface area contributed by atoms with E-state index in [-0.39, 0.29) is 18.3 Å². The van der Waals surface area contributed by atoms with Gasteiger partial charge in [-0.1, -0.05) is 48.9 Å². The lowest BCUT2D eigenvalue weighted by Crippen LogP contribution is -2.50. The first kappa shape index (κ1) is 17.1. The van der Waals surface area contributed by atoms with Crippen molar-refractivity contribution < 1.29 is 19.1 Å². The van der Waals surface area contributed by atoms with Gasteiger partial charge in [-0.2, -0.15) is 0 Å². The average molecular weight is 341 g/mol. The standard InChI is InChI=1S/C20H20FNO3/c21-16-9-4-8-15(12-16)20(10-5-11-20)19(25)22-13-17(18(23)24)14-6-2-1-3-7-14/h1-4,6-9,12,17H,5,10-11,13H2,(H,22,25)(H,23,24). The minimum Gasteiger partial charge on any atom is -0.481 e. The fraction of sp³-hybridized carbons (Fsp3) is 0.300. The maximum absolute atomic E-state index is 13.6. The van der Waals surface area contributed by atoms with Crippen molar-refractivity contribution in [3.63, 3.8) is 0 Å². The van der Waals surface area contributed by atoms with Gasteiger partial charge >= 0.3 is 5.97 Å². The highest BCUT2D eigenvalue weighted by Crippen LogP contribution is 2.44. The molecule has 3 rings (SSSR count). The highest BCUT2D eigenvalue weighted by Gasteiger charge is 2.45. The van der Waals surface area contributed by atoms with Crippen LogP contribution < -0.4 is 5.32 Å². The number of nitrogens with one attached hydrogen (secondary N) is 1. The van der Waals surface area contributed by atoms with Crippen LogP contribution in [0.15, 0.2) is 54.6 Å². The van der Waals surface area contributed by atoms with E-state index in [1.165, 1.54) is 12.1 Å². The summed E-state index contributed by atoms with van der Waals surface area (Å²) >= 11 is 0. The van der Waals surface area contributed by atoms with Crippen LogP contribution in [0.5, 0.6) is 0 Å². The number of carboxylic acids is 1. The number of carbonyl (C=O) groups excluding carboxylic acids is 1. The Labute approximate surface area is 145 Å². The molecule has 4 nitrogen and oxygen atoms in total. The van der Waals surface area contributed by atoms with Crippen LogP contribution in [0.25, 0.3) is 0 Å². The van der Waals surface area contributed by atoms with E-state index in [2.05, 4.69) is 5.32 Å². The highest BCUT2D eigenvalue weighted by atomic mass is 19.1. The predicted molar refractivity (Wildman–Crippen MR) is 91.8 cm³/mol. The van der Waals surface area contributed by atoms with Crippen molar-refractivity contribution >= 4 is 11.9 Å². The van der Waals surface area contributed by atoms with Crippen LogP contribution in [-0.4, -0.2) is 23.5 Å². The first-order valence-corrected chi connectivity index (χ1v) is 8.35. The highest BCUT2D eigenvalue weighted by molar-refractivity contribution is 5.90. The first-order valence-electron chi connectivity index (χ1n) is 8.35. The van der Waals surface area contributed by atoms with Crippen LogP contribution in [0, 0.1) is 5.82 Å². The van der Waals surface area contributed by atoms with E-state index >= 15 is 0 Å². The van der Waals surface area contributed by atoms with Gasteiger partial charge in [0.15, 0.2) is 0 Å². The van der Waals surface area contributed by atoms with Gasteiger partial charge in [-0.3, -0.25) is 9.59 Å². The van der Waals surface area contributed by atoms with E-state index in [9.17, 15) is 19.1 Å². The lowest BCUT2D eigenvalue weighted by molar-refractivity contribution is -0.139. The molecule has 5 heteroatoms. The molecule has 2 aromatic carbocycles.